The summed E-state index contributed by atoms with van der Waals surface area (Å²) in [7, 11) is 5.75. The fraction of sp³-hybridized carbons (Fsp3) is 0.467. The molecule has 2 aromatic carbocycles. The monoisotopic (exact) mass is 573 g/mol. The van der Waals surface area contributed by atoms with Crippen LogP contribution in [0.4, 0.5) is 24.5 Å². The lowest BCUT2D eigenvalue weighted by molar-refractivity contribution is -0.140. The molecule has 0 spiro atoms. The van der Waals surface area contributed by atoms with Gasteiger partial charge in [-0.05, 0) is 108 Å². The molecule has 4 rings (SSSR count). The van der Waals surface area contributed by atoms with E-state index in [4.69, 9.17) is 4.74 Å². The number of benzene rings is 2. The van der Waals surface area contributed by atoms with Gasteiger partial charge in [-0.2, -0.15) is 13.2 Å². The lowest BCUT2D eigenvalue weighted by Crippen LogP contribution is -2.36. The van der Waals surface area contributed by atoms with Gasteiger partial charge in [0.05, 0.1) is 30.6 Å². The fourth-order valence-electron chi connectivity index (χ4n) is 4.66. The molecule has 1 fully saturated rings. The quantitative estimate of drug-likeness (QED) is 0.224. The first-order valence-electron chi connectivity index (χ1n) is 13.5. The van der Waals surface area contributed by atoms with Crippen LogP contribution in [0.25, 0.3) is 10.9 Å². The highest BCUT2D eigenvalue weighted by Gasteiger charge is 2.30. The van der Waals surface area contributed by atoms with Gasteiger partial charge in [-0.25, -0.2) is 4.31 Å². The molecule has 2 N–H and O–H groups in total. The van der Waals surface area contributed by atoms with Crippen LogP contribution in [0, 0.1) is 11.8 Å². The van der Waals surface area contributed by atoms with E-state index in [1.54, 1.807) is 37.3 Å². The summed E-state index contributed by atoms with van der Waals surface area (Å²) in [6.07, 6.45) is -2.38. The van der Waals surface area contributed by atoms with Crippen molar-refractivity contribution in [3.63, 3.8) is 0 Å². The molecule has 1 aromatic heterocycles. The Labute approximate surface area is 239 Å². The van der Waals surface area contributed by atoms with Crippen molar-refractivity contribution in [1.82, 2.24) is 13.8 Å². The lowest BCUT2D eigenvalue weighted by Gasteiger charge is -2.30. The van der Waals surface area contributed by atoms with Crippen LogP contribution in [0.15, 0.2) is 47.4 Å². The number of methoxy groups -OCH3 is 1. The van der Waals surface area contributed by atoms with Gasteiger partial charge in [-0.3, -0.25) is 0 Å². The minimum Gasteiger partial charge on any atom is -0.495 e. The van der Waals surface area contributed by atoms with Gasteiger partial charge in [-0.15, -0.1) is 0 Å². The van der Waals surface area contributed by atoms with Gasteiger partial charge in [0.2, 0.25) is 0 Å². The van der Waals surface area contributed by atoms with Gasteiger partial charge >= 0.3 is 6.18 Å². The summed E-state index contributed by atoms with van der Waals surface area (Å²) < 4.78 is 49.7. The third-order valence-electron chi connectivity index (χ3n) is 7.09. The number of nitrogens with one attached hydrogen (secondary N) is 2. The number of fused-ring (bicyclic) bond motifs is 1. The molecule has 6 nitrogen and oxygen atoms in total. The molecule has 0 radical (unpaired) electrons. The Morgan fingerprint density at radius 3 is 2.55 bits per heavy atom. The molecule has 3 aromatic rings. The van der Waals surface area contributed by atoms with E-state index in [0.29, 0.717) is 23.0 Å². The minimum atomic E-state index is -4.37. The molecule has 1 aliphatic heterocycles. The number of hydrogen-bond donors (Lipinski definition) is 2. The maximum Gasteiger partial charge on any atom is 0.406 e. The second-order valence-electron chi connectivity index (χ2n) is 10.4. The number of halogens is 3. The summed E-state index contributed by atoms with van der Waals surface area (Å²) in [4.78, 5) is 3.33. The van der Waals surface area contributed by atoms with Gasteiger partial charge < -0.3 is 24.8 Å². The van der Waals surface area contributed by atoms with Gasteiger partial charge in [0.15, 0.2) is 0 Å². The second kappa shape index (κ2) is 13.1. The molecule has 0 atom stereocenters. The second-order valence-corrected chi connectivity index (χ2v) is 11.7. The van der Waals surface area contributed by atoms with Crippen LogP contribution in [0.5, 0.6) is 5.75 Å². The van der Waals surface area contributed by atoms with E-state index in [1.807, 2.05) is 31.3 Å². The van der Waals surface area contributed by atoms with E-state index in [1.165, 1.54) is 4.57 Å². The molecule has 1 aliphatic rings. The van der Waals surface area contributed by atoms with E-state index < -0.39 is 12.7 Å². The van der Waals surface area contributed by atoms with Crippen molar-refractivity contribution in [2.24, 2.45) is 0 Å². The number of ether oxygens (including phenoxy) is 1. The Morgan fingerprint density at radius 1 is 1.12 bits per heavy atom. The Morgan fingerprint density at radius 2 is 1.88 bits per heavy atom. The molecule has 40 heavy (non-hydrogen) atoms. The summed E-state index contributed by atoms with van der Waals surface area (Å²) >= 11 is 1.63. The van der Waals surface area contributed by atoms with Gasteiger partial charge in [-0.1, -0.05) is 12.0 Å². The van der Waals surface area contributed by atoms with Crippen LogP contribution in [-0.2, 0) is 6.54 Å². The highest BCUT2D eigenvalue weighted by Crippen LogP contribution is 2.33. The SMILES string of the molecule is COc1cc(SN(C)C(C)C)ccc1NCC#Cc1cc2c(NC3CCN(C)CC3)cccc2n1CC(F)(F)F. The number of piperidine rings is 1. The Kier molecular flexibility index (Phi) is 9.82. The average Bonchev–Trinajstić information content (AvgIpc) is 3.25. The van der Waals surface area contributed by atoms with Crippen LogP contribution >= 0.6 is 11.9 Å². The lowest BCUT2D eigenvalue weighted by atomic mass is 10.0. The Hall–Kier alpha value is -3.00. The zero-order valence-electron chi connectivity index (χ0n) is 23.7. The summed E-state index contributed by atoms with van der Waals surface area (Å²) in [6.45, 7) is 5.40. The smallest absolute Gasteiger partial charge is 0.406 e. The number of likely N-dealkylation sites (tertiary alicyclic amines) is 1. The minimum absolute atomic E-state index is 0.253. The third-order valence-corrected chi connectivity index (χ3v) is 8.27. The molecule has 10 heteroatoms. The topological polar surface area (TPSA) is 44.7 Å². The van der Waals surface area contributed by atoms with E-state index >= 15 is 0 Å². The van der Waals surface area contributed by atoms with Crippen molar-refractivity contribution < 1.29 is 17.9 Å². The molecule has 216 valence electrons. The highest BCUT2D eigenvalue weighted by atomic mass is 32.2. The maximum atomic E-state index is 13.6. The summed E-state index contributed by atoms with van der Waals surface area (Å²) in [6, 6.07) is 13.8. The fourth-order valence-corrected chi connectivity index (χ4v) is 5.49. The zero-order chi connectivity index (χ0) is 28.9. The number of nitrogens with zero attached hydrogens (tertiary/aromatic N) is 3. The largest absolute Gasteiger partial charge is 0.495 e. The normalized spacial score (nSPS) is 14.9. The Bertz CT molecular complexity index is 1350. The van der Waals surface area contributed by atoms with Crippen molar-refractivity contribution in [1.29, 1.82) is 0 Å². The molecule has 2 heterocycles. The zero-order valence-corrected chi connectivity index (χ0v) is 24.5. The first-order chi connectivity index (χ1) is 19.0. The average molecular weight is 574 g/mol. The van der Waals surface area contributed by atoms with Gasteiger partial charge in [0.1, 0.15) is 12.3 Å². The molecule has 0 saturated carbocycles. The number of alkyl halides is 3. The van der Waals surface area contributed by atoms with E-state index in [2.05, 4.69) is 52.6 Å². The highest BCUT2D eigenvalue weighted by molar-refractivity contribution is 7.97. The summed E-state index contributed by atoms with van der Waals surface area (Å²) in [5.74, 6) is 6.68. The van der Waals surface area contributed by atoms with Crippen LogP contribution < -0.4 is 15.4 Å². The van der Waals surface area contributed by atoms with Crippen molar-refractivity contribution >= 4 is 34.2 Å². The molecule has 0 unspecified atom stereocenters. The summed E-state index contributed by atoms with van der Waals surface area (Å²) in [5.41, 5.74) is 2.48. The number of rotatable bonds is 9. The van der Waals surface area contributed by atoms with Crippen molar-refractivity contribution in [2.75, 3.05) is 51.5 Å². The van der Waals surface area contributed by atoms with E-state index in [9.17, 15) is 13.2 Å². The van der Waals surface area contributed by atoms with E-state index in [-0.39, 0.29) is 12.6 Å². The predicted molar refractivity (Wildman–Crippen MR) is 159 cm³/mol. The third kappa shape index (κ3) is 7.80. The molecule has 0 aliphatic carbocycles. The summed E-state index contributed by atoms with van der Waals surface area (Å²) in [5, 5.41) is 7.56. The molecule has 0 bridgehead atoms. The first-order valence-corrected chi connectivity index (χ1v) is 14.3. The van der Waals surface area contributed by atoms with E-state index in [0.717, 1.165) is 47.6 Å². The molecular formula is C30H38F3N5OS. The molecule has 0 amide bonds. The maximum absolute atomic E-state index is 13.6. The molecule has 1 saturated heterocycles. The number of anilines is 2. The van der Waals surface area contributed by atoms with Gasteiger partial charge in [0.25, 0.3) is 0 Å². The van der Waals surface area contributed by atoms with Gasteiger partial charge in [0, 0.05) is 28.1 Å². The van der Waals surface area contributed by atoms with Crippen molar-refractivity contribution in [3.8, 4) is 17.6 Å². The number of aromatic nitrogens is 1. The first kappa shape index (κ1) is 30.0. The Balaban J connectivity index is 1.54. The van der Waals surface area contributed by atoms with Crippen LogP contribution in [0.3, 0.4) is 0 Å². The van der Waals surface area contributed by atoms with Crippen LogP contribution in [-0.4, -0.2) is 72.9 Å². The molecular weight excluding hydrogens is 535 g/mol. The van der Waals surface area contributed by atoms with Crippen molar-refractivity contribution in [2.45, 2.75) is 56.4 Å². The van der Waals surface area contributed by atoms with Crippen molar-refractivity contribution in [3.05, 3.63) is 48.2 Å². The van der Waals surface area contributed by atoms with Crippen LogP contribution in [0.2, 0.25) is 0 Å². The standard InChI is InChI=1S/C30H38F3N5OS/c1-21(2)37(4)40-24-11-12-27(29(19-24)39-5)34-15-7-8-23-18-25-26(35-22-13-16-36(3)17-14-22)9-6-10-28(25)38(23)20-30(31,32)33/h6,9-12,18-19,21-22,34-35H,13-17,20H2,1-5H3. The number of hydrogen-bond acceptors (Lipinski definition) is 6. The van der Waals surface area contributed by atoms with Crippen LogP contribution in [0.1, 0.15) is 32.4 Å². The predicted octanol–water partition coefficient (Wildman–Crippen LogP) is 6.53.